The van der Waals surface area contributed by atoms with Gasteiger partial charge in [-0.2, -0.15) is 0 Å². The summed E-state index contributed by atoms with van der Waals surface area (Å²) in [6.45, 7) is 2.49. The zero-order valence-electron chi connectivity index (χ0n) is 37.0. The molecule has 13 heteroatoms. The predicted molar refractivity (Wildman–Crippen MR) is 245 cm³/mol. The minimum absolute atomic E-state index is 0.0459. The molecule has 0 saturated heterocycles. The van der Waals surface area contributed by atoms with Crippen molar-refractivity contribution in [3.8, 4) is 0 Å². The summed E-state index contributed by atoms with van der Waals surface area (Å²) < 4.78 is 32.6. The van der Waals surface area contributed by atoms with Crippen LogP contribution in [0.15, 0.2) is 97.2 Å². The molecule has 0 aromatic carbocycles. The first kappa shape index (κ1) is 57.1. The van der Waals surface area contributed by atoms with Crippen LogP contribution in [0.1, 0.15) is 149 Å². The summed E-state index contributed by atoms with van der Waals surface area (Å²) in [5, 5.41) is 8.89. The number of ketones is 1. The average Bonchev–Trinajstić information content (AvgIpc) is 3.23. The minimum atomic E-state index is -4.76. The highest BCUT2D eigenvalue weighted by molar-refractivity contribution is 7.47. The Morgan fingerprint density at radius 3 is 1.61 bits per heavy atom. The van der Waals surface area contributed by atoms with Gasteiger partial charge in [-0.05, 0) is 89.5 Å². The SMILES string of the molecule is CCCCC/C=C\C/C=C\C/C=C\C/C=C\CCCCCC(=O)OC[C@H](COP(=O)(O)OC[C@H](N)C(=O)O)OC(=O)CCC/C=C\C/C=C\C/C=C\C=C\C(=O)CCCCC. The Hall–Kier alpha value is -3.93. The second kappa shape index (κ2) is 41.4. The highest BCUT2D eigenvalue weighted by Gasteiger charge is 2.28. The first-order valence-electron chi connectivity index (χ1n) is 22.2. The van der Waals surface area contributed by atoms with Crippen molar-refractivity contribution in [3.63, 3.8) is 0 Å². The molecule has 0 aliphatic heterocycles. The number of hydrogen-bond donors (Lipinski definition) is 3. The summed E-state index contributed by atoms with van der Waals surface area (Å²) in [6.07, 6.45) is 48.9. The van der Waals surface area contributed by atoms with Crippen LogP contribution in [-0.4, -0.2) is 65.7 Å². The van der Waals surface area contributed by atoms with Gasteiger partial charge in [0.1, 0.15) is 12.6 Å². The van der Waals surface area contributed by atoms with E-state index in [0.717, 1.165) is 77.0 Å². The number of carboxylic acids is 1. The molecule has 0 aliphatic rings. The quantitative estimate of drug-likeness (QED) is 0.0132. The van der Waals surface area contributed by atoms with Crippen LogP contribution in [0.4, 0.5) is 0 Å². The number of carbonyl (C=O) groups excluding carboxylic acids is 3. The molecular formula is C48H76NO11P. The highest BCUT2D eigenvalue weighted by atomic mass is 31.2. The van der Waals surface area contributed by atoms with Crippen LogP contribution in [0.5, 0.6) is 0 Å². The summed E-state index contributed by atoms with van der Waals surface area (Å²) in [5.74, 6) is -2.40. The van der Waals surface area contributed by atoms with Gasteiger partial charge in [0.2, 0.25) is 0 Å². The standard InChI is InChI=1S/C48H76NO11P/c1-3-5-7-8-9-10-11-12-13-14-15-16-17-18-21-24-27-30-34-38-46(51)57-40-44(41-58-61(55,56)59-42-45(49)48(53)54)60-47(52)39-35-31-28-25-22-19-20-23-26-29-33-37-43(50)36-32-6-4-2/h9-10,12-13,15-16,18-21,25-26,28-29,33,37,44-45H,3-8,11,14,17,22-24,27,30-32,34-36,38-42,49H2,1-2H3,(H,53,54)(H,55,56)/b10-9-,13-12-,16-15-,20-19-,21-18-,28-25-,29-26-,37-33+/t44-,45+/m1/s1. The lowest BCUT2D eigenvalue weighted by Gasteiger charge is -2.20. The number of allylic oxidation sites excluding steroid dienone is 16. The fraction of sp³-hybridized carbons (Fsp3) is 0.583. The zero-order chi connectivity index (χ0) is 45.1. The largest absolute Gasteiger partial charge is 0.480 e. The Bertz CT molecular complexity index is 1460. The summed E-state index contributed by atoms with van der Waals surface area (Å²) in [7, 11) is -4.76. The molecule has 4 N–H and O–H groups in total. The fourth-order valence-electron chi connectivity index (χ4n) is 5.23. The Morgan fingerprint density at radius 1 is 0.557 bits per heavy atom. The topological polar surface area (TPSA) is 189 Å². The van der Waals surface area contributed by atoms with E-state index >= 15 is 0 Å². The number of carboxylic acid groups (broad SMARTS) is 1. The second-order valence-electron chi connectivity index (χ2n) is 14.5. The van der Waals surface area contributed by atoms with Gasteiger partial charge in [0.25, 0.3) is 0 Å². The number of ether oxygens (including phenoxy) is 2. The molecule has 12 nitrogen and oxygen atoms in total. The number of rotatable bonds is 40. The zero-order valence-corrected chi connectivity index (χ0v) is 37.9. The van der Waals surface area contributed by atoms with Gasteiger partial charge < -0.3 is 25.2 Å². The third-order valence-corrected chi connectivity index (χ3v) is 9.73. The lowest BCUT2D eigenvalue weighted by molar-refractivity contribution is -0.161. The summed E-state index contributed by atoms with van der Waals surface area (Å²) >= 11 is 0. The van der Waals surface area contributed by atoms with Gasteiger partial charge in [-0.15, -0.1) is 0 Å². The van der Waals surface area contributed by atoms with E-state index in [-0.39, 0.29) is 18.6 Å². The molecule has 0 aromatic heterocycles. The number of unbranched alkanes of at least 4 members (excludes halogenated alkanes) is 9. The van der Waals surface area contributed by atoms with Gasteiger partial charge >= 0.3 is 25.7 Å². The molecule has 0 aromatic rings. The van der Waals surface area contributed by atoms with Crippen LogP contribution >= 0.6 is 7.82 Å². The Morgan fingerprint density at radius 2 is 1.03 bits per heavy atom. The van der Waals surface area contributed by atoms with Crippen molar-refractivity contribution in [2.75, 3.05) is 19.8 Å². The van der Waals surface area contributed by atoms with Crippen LogP contribution in [0.25, 0.3) is 0 Å². The number of esters is 2. The number of phosphoric acid groups is 1. The van der Waals surface area contributed by atoms with E-state index in [2.05, 4.69) is 67.0 Å². The molecule has 0 rings (SSSR count). The van der Waals surface area contributed by atoms with Crippen molar-refractivity contribution in [1.82, 2.24) is 0 Å². The van der Waals surface area contributed by atoms with Crippen LogP contribution < -0.4 is 5.73 Å². The first-order valence-corrected chi connectivity index (χ1v) is 23.7. The third kappa shape index (κ3) is 41.2. The summed E-state index contributed by atoms with van der Waals surface area (Å²) in [5.41, 5.74) is 5.32. The minimum Gasteiger partial charge on any atom is -0.480 e. The fourth-order valence-corrected chi connectivity index (χ4v) is 6.01. The number of aliphatic carboxylic acids is 1. The number of carbonyl (C=O) groups is 4. The maximum atomic E-state index is 12.6. The van der Waals surface area contributed by atoms with Crippen LogP contribution in [0.2, 0.25) is 0 Å². The lowest BCUT2D eigenvalue weighted by atomic mass is 10.1. The van der Waals surface area contributed by atoms with E-state index in [0.29, 0.717) is 25.7 Å². The van der Waals surface area contributed by atoms with Crippen molar-refractivity contribution >= 4 is 31.5 Å². The third-order valence-electron chi connectivity index (χ3n) is 8.78. The van der Waals surface area contributed by atoms with Gasteiger partial charge in [-0.1, -0.05) is 137 Å². The molecular weight excluding hydrogens is 797 g/mol. The maximum absolute atomic E-state index is 12.6. The van der Waals surface area contributed by atoms with Crippen molar-refractivity contribution in [2.24, 2.45) is 5.73 Å². The molecule has 0 aliphatic carbocycles. The molecule has 0 heterocycles. The number of nitrogens with two attached hydrogens (primary N) is 1. The van der Waals surface area contributed by atoms with Crippen LogP contribution in [0.3, 0.4) is 0 Å². The van der Waals surface area contributed by atoms with Gasteiger partial charge in [0.05, 0.1) is 13.2 Å². The van der Waals surface area contributed by atoms with Crippen molar-refractivity contribution in [2.45, 2.75) is 161 Å². The first-order chi connectivity index (χ1) is 29.5. The molecule has 344 valence electrons. The molecule has 0 radical (unpaired) electrons. The molecule has 0 fully saturated rings. The summed E-state index contributed by atoms with van der Waals surface area (Å²) in [4.78, 5) is 57.7. The average molecular weight is 874 g/mol. The van der Waals surface area contributed by atoms with Gasteiger partial charge in [-0.3, -0.25) is 28.2 Å². The summed E-state index contributed by atoms with van der Waals surface area (Å²) in [6, 6.07) is -1.55. The lowest BCUT2D eigenvalue weighted by Crippen LogP contribution is -2.34. The van der Waals surface area contributed by atoms with Gasteiger partial charge in [0, 0.05) is 19.3 Å². The molecule has 1 unspecified atom stereocenters. The van der Waals surface area contributed by atoms with E-state index in [1.54, 1.807) is 12.2 Å². The van der Waals surface area contributed by atoms with E-state index in [9.17, 15) is 28.6 Å². The molecule has 0 amide bonds. The van der Waals surface area contributed by atoms with Gasteiger partial charge in [0.15, 0.2) is 11.9 Å². The van der Waals surface area contributed by atoms with Crippen LogP contribution in [-0.2, 0) is 42.3 Å². The molecule has 61 heavy (non-hydrogen) atoms. The Balaban J connectivity index is 4.57. The van der Waals surface area contributed by atoms with Crippen molar-refractivity contribution in [1.29, 1.82) is 0 Å². The van der Waals surface area contributed by atoms with Gasteiger partial charge in [-0.25, -0.2) is 4.57 Å². The van der Waals surface area contributed by atoms with Crippen molar-refractivity contribution in [3.05, 3.63) is 97.2 Å². The van der Waals surface area contributed by atoms with E-state index in [1.807, 2.05) is 36.5 Å². The maximum Gasteiger partial charge on any atom is 0.472 e. The van der Waals surface area contributed by atoms with E-state index < -0.39 is 57.7 Å². The highest BCUT2D eigenvalue weighted by Crippen LogP contribution is 2.43. The molecule has 0 spiro atoms. The molecule has 0 saturated carbocycles. The molecule has 3 atom stereocenters. The normalized spacial score (nSPS) is 14.5. The predicted octanol–water partition coefficient (Wildman–Crippen LogP) is 11.2. The van der Waals surface area contributed by atoms with Crippen LogP contribution in [0, 0.1) is 0 Å². The number of phosphoric ester groups is 1. The number of hydrogen-bond acceptors (Lipinski definition) is 10. The van der Waals surface area contributed by atoms with E-state index in [4.69, 9.17) is 24.8 Å². The van der Waals surface area contributed by atoms with Crippen molar-refractivity contribution < 1.29 is 52.3 Å². The molecule has 0 bridgehead atoms. The Labute approximate surface area is 366 Å². The smallest absolute Gasteiger partial charge is 0.472 e. The Kier molecular flexibility index (Phi) is 38.8. The second-order valence-corrected chi connectivity index (χ2v) is 16.0. The monoisotopic (exact) mass is 874 g/mol. The van der Waals surface area contributed by atoms with E-state index in [1.165, 1.54) is 19.3 Å².